The number of benzene rings is 2. The van der Waals surface area contributed by atoms with Crippen LogP contribution in [0.25, 0.3) is 11.4 Å². The molecule has 0 spiro atoms. The van der Waals surface area contributed by atoms with Gasteiger partial charge in [-0.1, -0.05) is 5.16 Å². The van der Waals surface area contributed by atoms with E-state index in [4.69, 9.17) is 9.26 Å². The van der Waals surface area contributed by atoms with Crippen LogP contribution in [0.15, 0.2) is 53.1 Å². The summed E-state index contributed by atoms with van der Waals surface area (Å²) in [6.45, 7) is -0.238. The highest BCUT2D eigenvalue weighted by molar-refractivity contribution is 5.97. The summed E-state index contributed by atoms with van der Waals surface area (Å²) in [6, 6.07) is 10.6. The molecule has 0 aliphatic rings. The Labute approximate surface area is 152 Å². The summed E-state index contributed by atoms with van der Waals surface area (Å²) >= 11 is 0. The van der Waals surface area contributed by atoms with Gasteiger partial charge in [-0.3, -0.25) is 9.59 Å². The summed E-state index contributed by atoms with van der Waals surface area (Å²) in [5, 5.41) is 3.73. The summed E-state index contributed by atoms with van der Waals surface area (Å²) in [7, 11) is 0. The highest BCUT2D eigenvalue weighted by Gasteiger charge is 2.13. The number of halogens is 2. The van der Waals surface area contributed by atoms with Crippen LogP contribution in [-0.2, 0) is 16.1 Å². The molecule has 0 N–H and O–H groups in total. The van der Waals surface area contributed by atoms with Crippen LogP contribution in [0.3, 0.4) is 0 Å². The van der Waals surface area contributed by atoms with E-state index < -0.39 is 11.8 Å². The van der Waals surface area contributed by atoms with E-state index in [1.807, 2.05) is 0 Å². The fraction of sp³-hybridized carbons (Fsp3) is 0.158. The lowest BCUT2D eigenvalue weighted by atomic mass is 10.1. The summed E-state index contributed by atoms with van der Waals surface area (Å²) in [5.41, 5.74) is 0.882. The molecular weight excluding hydrogens is 358 g/mol. The van der Waals surface area contributed by atoms with Crippen LogP contribution in [0.2, 0.25) is 0 Å². The first-order valence-electron chi connectivity index (χ1n) is 8.04. The molecule has 0 aliphatic heterocycles. The second-order valence-electron chi connectivity index (χ2n) is 5.61. The number of esters is 1. The molecule has 1 heterocycles. The third kappa shape index (κ3) is 5.04. The Morgan fingerprint density at radius 2 is 1.56 bits per heavy atom. The Hall–Kier alpha value is -3.42. The molecule has 138 valence electrons. The van der Waals surface area contributed by atoms with Crippen molar-refractivity contribution in [1.29, 1.82) is 0 Å². The SMILES string of the molecule is O=C(CCC(=O)c1ccc(F)cc1)OCc1nc(-c2ccc(F)cc2)no1. The van der Waals surface area contributed by atoms with Gasteiger partial charge in [0.1, 0.15) is 11.6 Å². The van der Waals surface area contributed by atoms with Crippen LogP contribution < -0.4 is 0 Å². The van der Waals surface area contributed by atoms with E-state index in [1.54, 1.807) is 0 Å². The number of ketones is 1. The van der Waals surface area contributed by atoms with E-state index in [-0.39, 0.29) is 42.8 Å². The highest BCUT2D eigenvalue weighted by Crippen LogP contribution is 2.16. The first kappa shape index (κ1) is 18.4. The van der Waals surface area contributed by atoms with Gasteiger partial charge in [0, 0.05) is 17.5 Å². The van der Waals surface area contributed by atoms with Gasteiger partial charge in [-0.15, -0.1) is 0 Å². The molecule has 0 atom stereocenters. The largest absolute Gasteiger partial charge is 0.456 e. The number of rotatable bonds is 7. The van der Waals surface area contributed by atoms with Crippen molar-refractivity contribution in [1.82, 2.24) is 10.1 Å². The Bertz CT molecular complexity index is 937. The number of hydrogen-bond acceptors (Lipinski definition) is 6. The average molecular weight is 372 g/mol. The fourth-order valence-electron chi connectivity index (χ4n) is 2.24. The zero-order chi connectivity index (χ0) is 19.2. The van der Waals surface area contributed by atoms with Gasteiger partial charge in [-0.2, -0.15) is 4.98 Å². The van der Waals surface area contributed by atoms with Crippen LogP contribution in [0.5, 0.6) is 0 Å². The van der Waals surface area contributed by atoms with Crippen LogP contribution in [-0.4, -0.2) is 21.9 Å². The second kappa shape index (κ2) is 8.31. The van der Waals surface area contributed by atoms with Gasteiger partial charge in [0.05, 0.1) is 6.42 Å². The van der Waals surface area contributed by atoms with E-state index in [0.717, 1.165) is 0 Å². The molecule has 2 aromatic carbocycles. The summed E-state index contributed by atoms with van der Waals surface area (Å²) in [6.07, 6.45) is -0.190. The molecule has 6 nitrogen and oxygen atoms in total. The zero-order valence-corrected chi connectivity index (χ0v) is 14.0. The Balaban J connectivity index is 1.47. The molecule has 27 heavy (non-hydrogen) atoms. The maximum absolute atomic E-state index is 12.9. The van der Waals surface area contributed by atoms with E-state index in [2.05, 4.69) is 10.1 Å². The van der Waals surface area contributed by atoms with Crippen LogP contribution in [0.1, 0.15) is 29.1 Å². The minimum Gasteiger partial charge on any atom is -0.456 e. The maximum Gasteiger partial charge on any atom is 0.306 e. The third-order valence-corrected chi connectivity index (χ3v) is 3.65. The summed E-state index contributed by atoms with van der Waals surface area (Å²) in [4.78, 5) is 27.7. The van der Waals surface area contributed by atoms with Crippen molar-refractivity contribution in [3.8, 4) is 11.4 Å². The minimum absolute atomic E-state index is 0.0604. The maximum atomic E-state index is 12.9. The fourth-order valence-corrected chi connectivity index (χ4v) is 2.24. The number of carbonyl (C=O) groups is 2. The zero-order valence-electron chi connectivity index (χ0n) is 14.0. The van der Waals surface area contributed by atoms with Gasteiger partial charge in [0.25, 0.3) is 5.89 Å². The van der Waals surface area contributed by atoms with Gasteiger partial charge in [-0.25, -0.2) is 8.78 Å². The third-order valence-electron chi connectivity index (χ3n) is 3.65. The lowest BCUT2D eigenvalue weighted by Crippen LogP contribution is -2.08. The van der Waals surface area contributed by atoms with Gasteiger partial charge in [0.2, 0.25) is 5.82 Å². The van der Waals surface area contributed by atoms with Gasteiger partial charge in [0.15, 0.2) is 12.4 Å². The predicted molar refractivity (Wildman–Crippen MR) is 89.5 cm³/mol. The van der Waals surface area contributed by atoms with E-state index in [0.29, 0.717) is 11.1 Å². The summed E-state index contributed by atoms with van der Waals surface area (Å²) < 4.78 is 35.7. The van der Waals surface area contributed by atoms with Crippen molar-refractivity contribution in [2.24, 2.45) is 0 Å². The minimum atomic E-state index is -0.605. The van der Waals surface area contributed by atoms with Crippen molar-refractivity contribution in [3.05, 3.63) is 71.6 Å². The molecule has 0 saturated carbocycles. The molecule has 0 aliphatic carbocycles. The first-order valence-corrected chi connectivity index (χ1v) is 8.04. The molecule has 0 saturated heterocycles. The standard InChI is InChI=1S/C19H14F2N2O4/c20-14-5-1-12(2-6-14)16(24)9-10-18(25)26-11-17-22-19(23-27-17)13-3-7-15(21)8-4-13/h1-8H,9-11H2. The Morgan fingerprint density at radius 1 is 0.926 bits per heavy atom. The number of ether oxygens (including phenoxy) is 1. The van der Waals surface area contributed by atoms with Crippen molar-refractivity contribution >= 4 is 11.8 Å². The molecular formula is C19H14F2N2O4. The molecule has 3 rings (SSSR count). The molecule has 0 unspecified atom stereocenters. The van der Waals surface area contributed by atoms with Crippen molar-refractivity contribution < 1.29 is 27.6 Å². The van der Waals surface area contributed by atoms with E-state index in [9.17, 15) is 18.4 Å². The first-order chi connectivity index (χ1) is 13.0. The van der Waals surface area contributed by atoms with Crippen molar-refractivity contribution in [3.63, 3.8) is 0 Å². The molecule has 0 fully saturated rings. The molecule has 8 heteroatoms. The number of Topliss-reactive ketones (excluding diaryl/α,β-unsaturated/α-hetero) is 1. The normalized spacial score (nSPS) is 10.6. The monoisotopic (exact) mass is 372 g/mol. The van der Waals surface area contributed by atoms with Gasteiger partial charge >= 0.3 is 5.97 Å². The van der Waals surface area contributed by atoms with Crippen LogP contribution >= 0.6 is 0 Å². The smallest absolute Gasteiger partial charge is 0.306 e. The molecule has 0 bridgehead atoms. The molecule has 1 aromatic heterocycles. The van der Waals surface area contributed by atoms with Crippen LogP contribution in [0.4, 0.5) is 8.78 Å². The summed E-state index contributed by atoms with van der Waals surface area (Å²) in [5.74, 6) is -1.40. The quantitative estimate of drug-likeness (QED) is 0.464. The van der Waals surface area contributed by atoms with Gasteiger partial charge in [-0.05, 0) is 48.5 Å². The van der Waals surface area contributed by atoms with E-state index in [1.165, 1.54) is 48.5 Å². The topological polar surface area (TPSA) is 82.3 Å². The Kier molecular flexibility index (Phi) is 5.65. The second-order valence-corrected chi connectivity index (χ2v) is 5.61. The van der Waals surface area contributed by atoms with Crippen LogP contribution in [0, 0.1) is 11.6 Å². The molecule has 0 radical (unpaired) electrons. The molecule has 0 amide bonds. The average Bonchev–Trinajstić information content (AvgIpc) is 3.14. The number of aromatic nitrogens is 2. The van der Waals surface area contributed by atoms with Crippen molar-refractivity contribution in [2.45, 2.75) is 19.4 Å². The predicted octanol–water partition coefficient (Wildman–Crippen LogP) is 3.72. The number of carbonyl (C=O) groups excluding carboxylic acids is 2. The van der Waals surface area contributed by atoms with Crippen molar-refractivity contribution in [2.75, 3.05) is 0 Å². The molecule has 3 aromatic rings. The lowest BCUT2D eigenvalue weighted by Gasteiger charge is -2.02. The van der Waals surface area contributed by atoms with E-state index >= 15 is 0 Å². The number of nitrogens with zero attached hydrogens (tertiary/aromatic N) is 2. The number of hydrogen-bond donors (Lipinski definition) is 0. The highest BCUT2D eigenvalue weighted by atomic mass is 19.1. The lowest BCUT2D eigenvalue weighted by molar-refractivity contribution is -0.145. The Morgan fingerprint density at radius 3 is 2.22 bits per heavy atom. The van der Waals surface area contributed by atoms with Gasteiger partial charge < -0.3 is 9.26 Å².